The summed E-state index contributed by atoms with van der Waals surface area (Å²) in [7, 11) is 0. The van der Waals surface area contributed by atoms with Crippen molar-refractivity contribution in [3.63, 3.8) is 0 Å². The molecule has 0 aromatic heterocycles. The minimum absolute atomic E-state index is 0.0894. The van der Waals surface area contributed by atoms with Crippen molar-refractivity contribution in [1.29, 1.82) is 0 Å². The third kappa shape index (κ3) is 4.05. The van der Waals surface area contributed by atoms with E-state index < -0.39 is 6.10 Å². The topological polar surface area (TPSA) is 43.7 Å². The normalized spacial score (nSPS) is 14.8. The summed E-state index contributed by atoms with van der Waals surface area (Å²) in [5.74, 6) is -0.463. The van der Waals surface area contributed by atoms with Crippen LogP contribution in [0, 0.1) is 11.7 Å². The molecule has 0 bridgehead atoms. The number of aliphatic hydroxyl groups excluding tert-OH is 2. The van der Waals surface area contributed by atoms with Gasteiger partial charge < -0.3 is 15.1 Å². The maximum Gasteiger partial charge on any atom is 0.129 e. The first kappa shape index (κ1) is 15.1. The number of halogens is 1. The predicted octanol–water partition coefficient (Wildman–Crippen LogP) is 1.81. The van der Waals surface area contributed by atoms with Crippen molar-refractivity contribution in [2.24, 2.45) is 5.92 Å². The standard InChI is InChI=1S/C14H22FNO2/c1-3-16(8-9-17)10-11(2)14(18)12-6-4-5-7-13(12)15/h4-7,11,14,17-18H,3,8-10H2,1-2H3. The molecule has 1 aromatic carbocycles. The molecule has 2 atom stereocenters. The maximum atomic E-state index is 13.6. The van der Waals surface area contributed by atoms with Crippen LogP contribution in [-0.2, 0) is 0 Å². The van der Waals surface area contributed by atoms with Crippen LogP contribution in [0.25, 0.3) is 0 Å². The number of rotatable bonds is 7. The highest BCUT2D eigenvalue weighted by atomic mass is 19.1. The van der Waals surface area contributed by atoms with Crippen LogP contribution in [0.1, 0.15) is 25.5 Å². The summed E-state index contributed by atoms with van der Waals surface area (Å²) in [5, 5.41) is 19.1. The van der Waals surface area contributed by atoms with Crippen LogP contribution in [0.5, 0.6) is 0 Å². The Morgan fingerprint density at radius 3 is 2.56 bits per heavy atom. The summed E-state index contributed by atoms with van der Waals surface area (Å²) in [4.78, 5) is 2.04. The van der Waals surface area contributed by atoms with Gasteiger partial charge in [-0.25, -0.2) is 4.39 Å². The van der Waals surface area contributed by atoms with E-state index in [9.17, 15) is 9.50 Å². The first-order valence-electron chi connectivity index (χ1n) is 6.35. The molecule has 0 fully saturated rings. The number of nitrogens with zero attached hydrogens (tertiary/aromatic N) is 1. The highest BCUT2D eigenvalue weighted by Gasteiger charge is 2.21. The van der Waals surface area contributed by atoms with Gasteiger partial charge in [-0.2, -0.15) is 0 Å². The fourth-order valence-corrected chi connectivity index (χ4v) is 2.05. The minimum Gasteiger partial charge on any atom is -0.395 e. The molecule has 18 heavy (non-hydrogen) atoms. The van der Waals surface area contributed by atoms with Crippen LogP contribution >= 0.6 is 0 Å². The highest BCUT2D eigenvalue weighted by Crippen LogP contribution is 2.24. The average molecular weight is 255 g/mol. The van der Waals surface area contributed by atoms with Gasteiger partial charge in [0.1, 0.15) is 5.82 Å². The van der Waals surface area contributed by atoms with Gasteiger partial charge in [0.15, 0.2) is 0 Å². The summed E-state index contributed by atoms with van der Waals surface area (Å²) in [6.07, 6.45) is -0.820. The van der Waals surface area contributed by atoms with Gasteiger partial charge in [0.2, 0.25) is 0 Å². The Morgan fingerprint density at radius 2 is 2.00 bits per heavy atom. The lowest BCUT2D eigenvalue weighted by atomic mass is 9.96. The molecule has 1 rings (SSSR count). The van der Waals surface area contributed by atoms with Crippen molar-refractivity contribution in [3.8, 4) is 0 Å². The SMILES string of the molecule is CCN(CCO)CC(C)C(O)c1ccccc1F. The van der Waals surface area contributed by atoms with Crippen molar-refractivity contribution in [3.05, 3.63) is 35.6 Å². The molecular formula is C14H22FNO2. The maximum absolute atomic E-state index is 13.6. The number of hydrogen-bond donors (Lipinski definition) is 2. The molecule has 0 saturated heterocycles. The number of benzene rings is 1. The van der Waals surface area contributed by atoms with E-state index in [2.05, 4.69) is 0 Å². The molecule has 0 spiro atoms. The second-order valence-corrected chi connectivity index (χ2v) is 4.56. The third-order valence-electron chi connectivity index (χ3n) is 3.17. The van der Waals surface area contributed by atoms with Crippen LogP contribution in [0.3, 0.4) is 0 Å². The Balaban J connectivity index is 2.66. The van der Waals surface area contributed by atoms with E-state index in [0.29, 0.717) is 18.7 Å². The molecule has 0 saturated carbocycles. The molecule has 102 valence electrons. The Bertz CT molecular complexity index is 359. The van der Waals surface area contributed by atoms with Gasteiger partial charge in [0, 0.05) is 18.7 Å². The molecule has 2 unspecified atom stereocenters. The van der Waals surface area contributed by atoms with Crippen LogP contribution in [0.4, 0.5) is 4.39 Å². The van der Waals surface area contributed by atoms with E-state index in [-0.39, 0.29) is 18.3 Å². The second kappa shape index (κ2) is 7.46. The fourth-order valence-electron chi connectivity index (χ4n) is 2.05. The molecular weight excluding hydrogens is 233 g/mol. The Morgan fingerprint density at radius 1 is 1.33 bits per heavy atom. The summed E-state index contributed by atoms with van der Waals surface area (Å²) in [5.41, 5.74) is 0.338. The Labute approximate surface area is 108 Å². The number of likely N-dealkylation sites (N-methyl/N-ethyl adjacent to an activating group) is 1. The van der Waals surface area contributed by atoms with Gasteiger partial charge in [-0.05, 0) is 18.5 Å². The summed E-state index contributed by atoms with van der Waals surface area (Å²) in [6.45, 7) is 5.98. The van der Waals surface area contributed by atoms with E-state index in [4.69, 9.17) is 5.11 Å². The van der Waals surface area contributed by atoms with Crippen molar-refractivity contribution in [2.45, 2.75) is 20.0 Å². The Hall–Kier alpha value is -0.970. The first-order chi connectivity index (χ1) is 8.60. The summed E-state index contributed by atoms with van der Waals surface area (Å²) in [6, 6.07) is 6.30. The lowest BCUT2D eigenvalue weighted by Gasteiger charge is -2.27. The molecule has 0 aliphatic rings. The van der Waals surface area contributed by atoms with Crippen molar-refractivity contribution < 1.29 is 14.6 Å². The molecule has 1 aromatic rings. The zero-order chi connectivity index (χ0) is 13.5. The van der Waals surface area contributed by atoms with Gasteiger partial charge in [-0.3, -0.25) is 0 Å². The summed E-state index contributed by atoms with van der Waals surface area (Å²) < 4.78 is 13.6. The van der Waals surface area contributed by atoms with E-state index in [0.717, 1.165) is 6.54 Å². The third-order valence-corrected chi connectivity index (χ3v) is 3.17. The van der Waals surface area contributed by atoms with Crippen LogP contribution in [-0.4, -0.2) is 41.4 Å². The Kier molecular flexibility index (Phi) is 6.25. The fraction of sp³-hybridized carbons (Fsp3) is 0.571. The average Bonchev–Trinajstić information content (AvgIpc) is 2.37. The van der Waals surface area contributed by atoms with Crippen molar-refractivity contribution in [1.82, 2.24) is 4.90 Å². The van der Waals surface area contributed by atoms with Gasteiger partial charge in [0.05, 0.1) is 12.7 Å². The van der Waals surface area contributed by atoms with Gasteiger partial charge in [-0.15, -0.1) is 0 Å². The van der Waals surface area contributed by atoms with E-state index >= 15 is 0 Å². The molecule has 4 heteroatoms. The molecule has 0 aliphatic carbocycles. The monoisotopic (exact) mass is 255 g/mol. The van der Waals surface area contributed by atoms with E-state index in [1.54, 1.807) is 18.2 Å². The molecule has 0 amide bonds. The molecule has 0 radical (unpaired) electrons. The zero-order valence-corrected chi connectivity index (χ0v) is 11.0. The molecule has 0 aliphatic heterocycles. The molecule has 3 nitrogen and oxygen atoms in total. The van der Waals surface area contributed by atoms with Crippen molar-refractivity contribution in [2.75, 3.05) is 26.2 Å². The predicted molar refractivity (Wildman–Crippen MR) is 69.7 cm³/mol. The lowest BCUT2D eigenvalue weighted by molar-refractivity contribution is 0.0807. The molecule has 0 heterocycles. The lowest BCUT2D eigenvalue weighted by Crippen LogP contribution is -2.33. The van der Waals surface area contributed by atoms with Crippen molar-refractivity contribution >= 4 is 0 Å². The van der Waals surface area contributed by atoms with Gasteiger partial charge in [-0.1, -0.05) is 32.0 Å². The van der Waals surface area contributed by atoms with E-state index in [1.165, 1.54) is 6.07 Å². The highest BCUT2D eigenvalue weighted by molar-refractivity contribution is 5.20. The number of hydrogen-bond acceptors (Lipinski definition) is 3. The van der Waals surface area contributed by atoms with Gasteiger partial charge >= 0.3 is 0 Å². The zero-order valence-electron chi connectivity index (χ0n) is 11.0. The quantitative estimate of drug-likeness (QED) is 0.781. The largest absolute Gasteiger partial charge is 0.395 e. The smallest absolute Gasteiger partial charge is 0.129 e. The van der Waals surface area contributed by atoms with Crippen LogP contribution < -0.4 is 0 Å². The second-order valence-electron chi connectivity index (χ2n) is 4.56. The number of aliphatic hydroxyl groups is 2. The van der Waals surface area contributed by atoms with Gasteiger partial charge in [0.25, 0.3) is 0 Å². The molecule has 2 N–H and O–H groups in total. The van der Waals surface area contributed by atoms with Crippen LogP contribution in [0.2, 0.25) is 0 Å². The van der Waals surface area contributed by atoms with E-state index in [1.807, 2.05) is 18.7 Å². The first-order valence-corrected chi connectivity index (χ1v) is 6.35. The minimum atomic E-state index is -0.820. The summed E-state index contributed by atoms with van der Waals surface area (Å²) >= 11 is 0. The van der Waals surface area contributed by atoms with Crippen LogP contribution in [0.15, 0.2) is 24.3 Å².